The number of pyridine rings is 1. The summed E-state index contributed by atoms with van der Waals surface area (Å²) in [5, 5.41) is 11.4. The second-order valence-corrected chi connectivity index (χ2v) is 4.09. The minimum atomic E-state index is -0.547. The van der Waals surface area contributed by atoms with E-state index in [0.29, 0.717) is 23.3 Å². The number of halogens is 1. The standard InChI is InChI=1S/C12H11ClN2O3/c1-2-6-18-10-5-3-4-8-11(13)9(15(16)17)7-14-12(8)10/h3-5,7H,2,6H2,1H3. The van der Waals surface area contributed by atoms with Gasteiger partial charge in [0.25, 0.3) is 0 Å². The molecule has 0 unspecified atom stereocenters. The monoisotopic (exact) mass is 266 g/mol. The predicted molar refractivity (Wildman–Crippen MR) is 69.2 cm³/mol. The van der Waals surface area contributed by atoms with Gasteiger partial charge in [-0.1, -0.05) is 30.7 Å². The Morgan fingerprint density at radius 2 is 2.28 bits per heavy atom. The molecule has 5 nitrogen and oxygen atoms in total. The summed E-state index contributed by atoms with van der Waals surface area (Å²) in [6.45, 7) is 2.56. The Hall–Kier alpha value is -1.88. The van der Waals surface area contributed by atoms with Gasteiger partial charge < -0.3 is 4.74 Å². The van der Waals surface area contributed by atoms with Gasteiger partial charge in [0.2, 0.25) is 0 Å². The third kappa shape index (κ3) is 2.22. The van der Waals surface area contributed by atoms with Crippen LogP contribution in [0.5, 0.6) is 5.75 Å². The molecule has 1 aromatic heterocycles. The predicted octanol–water partition coefficient (Wildman–Crippen LogP) is 3.59. The highest BCUT2D eigenvalue weighted by molar-refractivity contribution is 6.37. The Morgan fingerprint density at radius 1 is 1.50 bits per heavy atom. The summed E-state index contributed by atoms with van der Waals surface area (Å²) in [7, 11) is 0. The molecule has 18 heavy (non-hydrogen) atoms. The van der Waals surface area contributed by atoms with Gasteiger partial charge in [0.05, 0.1) is 11.5 Å². The number of aromatic nitrogens is 1. The molecule has 0 saturated heterocycles. The fourth-order valence-corrected chi connectivity index (χ4v) is 1.88. The lowest BCUT2D eigenvalue weighted by Crippen LogP contribution is -1.98. The van der Waals surface area contributed by atoms with E-state index in [1.54, 1.807) is 18.2 Å². The molecule has 0 bridgehead atoms. The highest BCUT2D eigenvalue weighted by atomic mass is 35.5. The summed E-state index contributed by atoms with van der Waals surface area (Å²) in [4.78, 5) is 14.3. The summed E-state index contributed by atoms with van der Waals surface area (Å²) >= 11 is 6.01. The van der Waals surface area contributed by atoms with Crippen LogP contribution in [-0.2, 0) is 0 Å². The van der Waals surface area contributed by atoms with Gasteiger partial charge in [0.15, 0.2) is 0 Å². The fourth-order valence-electron chi connectivity index (χ4n) is 1.61. The zero-order chi connectivity index (χ0) is 13.1. The van der Waals surface area contributed by atoms with Gasteiger partial charge in [-0.25, -0.2) is 4.98 Å². The van der Waals surface area contributed by atoms with Crippen LogP contribution in [0.25, 0.3) is 10.9 Å². The van der Waals surface area contributed by atoms with Crippen molar-refractivity contribution in [3.63, 3.8) is 0 Å². The number of benzene rings is 1. The average Bonchev–Trinajstić information content (AvgIpc) is 2.36. The van der Waals surface area contributed by atoms with Gasteiger partial charge in [-0.15, -0.1) is 0 Å². The van der Waals surface area contributed by atoms with Crippen molar-refractivity contribution < 1.29 is 9.66 Å². The maximum atomic E-state index is 10.8. The zero-order valence-electron chi connectivity index (χ0n) is 9.72. The third-order valence-electron chi connectivity index (χ3n) is 2.43. The molecule has 0 radical (unpaired) electrons. The maximum absolute atomic E-state index is 10.8. The van der Waals surface area contributed by atoms with Crippen molar-refractivity contribution in [3.05, 3.63) is 39.5 Å². The van der Waals surface area contributed by atoms with Crippen LogP contribution in [0.4, 0.5) is 5.69 Å². The first kappa shape index (κ1) is 12.6. The molecule has 94 valence electrons. The summed E-state index contributed by atoms with van der Waals surface area (Å²) in [6, 6.07) is 5.20. The smallest absolute Gasteiger partial charge is 0.306 e. The molecular weight excluding hydrogens is 256 g/mol. The van der Waals surface area contributed by atoms with Crippen molar-refractivity contribution >= 4 is 28.2 Å². The normalized spacial score (nSPS) is 10.6. The molecule has 2 rings (SSSR count). The molecule has 0 aliphatic heterocycles. The number of nitrogens with zero attached hydrogens (tertiary/aromatic N) is 2. The van der Waals surface area contributed by atoms with Crippen LogP contribution in [0.15, 0.2) is 24.4 Å². The second-order valence-electron chi connectivity index (χ2n) is 3.72. The van der Waals surface area contributed by atoms with Crippen LogP contribution in [0.1, 0.15) is 13.3 Å². The van der Waals surface area contributed by atoms with E-state index in [9.17, 15) is 10.1 Å². The van der Waals surface area contributed by atoms with Crippen LogP contribution < -0.4 is 4.74 Å². The molecule has 1 heterocycles. The molecule has 6 heteroatoms. The molecular formula is C12H11ClN2O3. The van der Waals surface area contributed by atoms with E-state index in [4.69, 9.17) is 16.3 Å². The summed E-state index contributed by atoms with van der Waals surface area (Å²) in [6.07, 6.45) is 2.03. The van der Waals surface area contributed by atoms with Crippen molar-refractivity contribution in [2.24, 2.45) is 0 Å². The number of para-hydroxylation sites is 1. The van der Waals surface area contributed by atoms with Gasteiger partial charge in [0, 0.05) is 5.39 Å². The van der Waals surface area contributed by atoms with E-state index in [1.165, 1.54) is 0 Å². The lowest BCUT2D eigenvalue weighted by Gasteiger charge is -2.08. The quantitative estimate of drug-likeness (QED) is 0.627. The third-order valence-corrected chi connectivity index (χ3v) is 2.83. The van der Waals surface area contributed by atoms with Crippen molar-refractivity contribution in [2.75, 3.05) is 6.61 Å². The number of nitro groups is 1. The molecule has 1 aromatic carbocycles. The first-order chi connectivity index (χ1) is 8.65. The number of fused-ring (bicyclic) bond motifs is 1. The van der Waals surface area contributed by atoms with E-state index >= 15 is 0 Å². The average molecular weight is 267 g/mol. The summed E-state index contributed by atoms with van der Waals surface area (Å²) in [5.41, 5.74) is 0.346. The number of hydrogen-bond acceptors (Lipinski definition) is 4. The first-order valence-electron chi connectivity index (χ1n) is 5.49. The number of hydrogen-bond donors (Lipinski definition) is 0. The van der Waals surface area contributed by atoms with Crippen molar-refractivity contribution in [1.29, 1.82) is 0 Å². The molecule has 0 aliphatic carbocycles. The minimum absolute atomic E-state index is 0.0898. The SMILES string of the molecule is CCCOc1cccc2c(Cl)c([N+](=O)[O-])cnc12. The van der Waals surface area contributed by atoms with Crippen molar-refractivity contribution in [2.45, 2.75) is 13.3 Å². The van der Waals surface area contributed by atoms with Crippen LogP contribution >= 0.6 is 11.6 Å². The molecule has 0 atom stereocenters. The molecule has 0 amide bonds. The van der Waals surface area contributed by atoms with Crippen LogP contribution in [0.2, 0.25) is 5.02 Å². The molecule has 2 aromatic rings. The largest absolute Gasteiger partial charge is 0.491 e. The summed E-state index contributed by atoms with van der Waals surface area (Å²) in [5.74, 6) is 0.589. The topological polar surface area (TPSA) is 65.3 Å². The molecule has 0 aliphatic rings. The first-order valence-corrected chi connectivity index (χ1v) is 5.87. The Labute approximate surface area is 108 Å². The van der Waals surface area contributed by atoms with Crippen LogP contribution in [0, 0.1) is 10.1 Å². The van der Waals surface area contributed by atoms with Gasteiger partial charge in [-0.2, -0.15) is 0 Å². The van der Waals surface area contributed by atoms with Gasteiger partial charge >= 0.3 is 5.69 Å². The lowest BCUT2D eigenvalue weighted by atomic mass is 10.2. The van der Waals surface area contributed by atoms with E-state index in [-0.39, 0.29) is 10.7 Å². The minimum Gasteiger partial charge on any atom is -0.491 e. The van der Waals surface area contributed by atoms with Gasteiger partial charge in [-0.05, 0) is 12.5 Å². The highest BCUT2D eigenvalue weighted by Crippen LogP contribution is 2.34. The molecule has 0 spiro atoms. The number of ether oxygens (including phenoxy) is 1. The Kier molecular flexibility index (Phi) is 3.62. The molecule has 0 fully saturated rings. The maximum Gasteiger partial charge on any atom is 0.306 e. The van der Waals surface area contributed by atoms with E-state index in [1.807, 2.05) is 6.92 Å². The van der Waals surface area contributed by atoms with Crippen molar-refractivity contribution in [3.8, 4) is 5.75 Å². The lowest BCUT2D eigenvalue weighted by molar-refractivity contribution is -0.384. The zero-order valence-corrected chi connectivity index (χ0v) is 10.5. The Balaban J connectivity index is 2.59. The van der Waals surface area contributed by atoms with E-state index < -0.39 is 4.92 Å². The van der Waals surface area contributed by atoms with E-state index in [2.05, 4.69) is 4.98 Å². The second kappa shape index (κ2) is 5.18. The van der Waals surface area contributed by atoms with Crippen LogP contribution in [-0.4, -0.2) is 16.5 Å². The van der Waals surface area contributed by atoms with Gasteiger partial charge in [0.1, 0.15) is 22.5 Å². The van der Waals surface area contributed by atoms with Gasteiger partial charge in [-0.3, -0.25) is 10.1 Å². The Bertz CT molecular complexity index is 601. The van der Waals surface area contributed by atoms with Crippen LogP contribution in [0.3, 0.4) is 0 Å². The number of rotatable bonds is 4. The van der Waals surface area contributed by atoms with E-state index in [0.717, 1.165) is 12.6 Å². The molecule has 0 saturated carbocycles. The van der Waals surface area contributed by atoms with Crippen molar-refractivity contribution in [1.82, 2.24) is 4.98 Å². The molecule has 0 N–H and O–H groups in total. The fraction of sp³-hybridized carbons (Fsp3) is 0.250. The Morgan fingerprint density at radius 3 is 2.94 bits per heavy atom. The highest BCUT2D eigenvalue weighted by Gasteiger charge is 2.17. The summed E-state index contributed by atoms with van der Waals surface area (Å²) < 4.78 is 5.53.